The molecule has 2 rings (SSSR count). The van der Waals surface area contributed by atoms with Crippen molar-refractivity contribution in [2.45, 2.75) is 19.8 Å². The van der Waals surface area contributed by atoms with E-state index in [1.54, 1.807) is 25.1 Å². The van der Waals surface area contributed by atoms with E-state index in [1.807, 2.05) is 0 Å². The summed E-state index contributed by atoms with van der Waals surface area (Å²) in [5.74, 6) is -1.37. The van der Waals surface area contributed by atoms with Gasteiger partial charge in [0.2, 0.25) is 0 Å². The number of carboxylic acid groups (broad SMARTS) is 1. The number of nitrogens with one attached hydrogen (secondary N) is 1. The Morgan fingerprint density at radius 2 is 2.24 bits per heavy atom. The highest BCUT2D eigenvalue weighted by Crippen LogP contribution is 2.21. The molecule has 1 heterocycles. The number of likely N-dealkylation sites (tertiary alicyclic amines) is 1. The second-order valence-corrected chi connectivity index (χ2v) is 5.14. The zero-order valence-electron chi connectivity index (χ0n) is 11.8. The fourth-order valence-corrected chi connectivity index (χ4v) is 2.45. The van der Waals surface area contributed by atoms with Crippen LogP contribution in [0.15, 0.2) is 18.2 Å². The lowest BCUT2D eigenvalue weighted by molar-refractivity contribution is -0.143. The van der Waals surface area contributed by atoms with E-state index in [-0.39, 0.29) is 12.6 Å². The Balaban J connectivity index is 2.08. The van der Waals surface area contributed by atoms with Crippen LogP contribution in [0.3, 0.4) is 0 Å². The van der Waals surface area contributed by atoms with Crippen LogP contribution >= 0.6 is 0 Å². The van der Waals surface area contributed by atoms with Crippen LogP contribution in [0.25, 0.3) is 0 Å². The number of urea groups is 1. The third-order valence-corrected chi connectivity index (χ3v) is 3.75. The second kappa shape index (κ2) is 6.27. The quantitative estimate of drug-likeness (QED) is 0.872. The topological polar surface area (TPSA) is 93.4 Å². The molecule has 1 saturated heterocycles. The summed E-state index contributed by atoms with van der Waals surface area (Å²) in [6.07, 6.45) is 1.28. The third kappa shape index (κ3) is 3.31. The Morgan fingerprint density at radius 1 is 1.48 bits per heavy atom. The molecule has 6 nitrogen and oxygen atoms in total. The van der Waals surface area contributed by atoms with Gasteiger partial charge in [-0.05, 0) is 37.5 Å². The van der Waals surface area contributed by atoms with Gasteiger partial charge in [0, 0.05) is 18.8 Å². The molecule has 0 radical (unpaired) electrons. The molecule has 2 N–H and O–H groups in total. The number of aliphatic carboxylic acids is 1. The minimum atomic E-state index is -0.866. The monoisotopic (exact) mass is 287 g/mol. The van der Waals surface area contributed by atoms with Crippen molar-refractivity contribution in [2.75, 3.05) is 18.4 Å². The van der Waals surface area contributed by atoms with Crippen molar-refractivity contribution in [1.29, 1.82) is 5.26 Å². The van der Waals surface area contributed by atoms with Crippen molar-refractivity contribution in [3.05, 3.63) is 29.3 Å². The normalized spacial score (nSPS) is 17.9. The van der Waals surface area contributed by atoms with Crippen LogP contribution < -0.4 is 5.32 Å². The molecular formula is C15H17N3O3. The van der Waals surface area contributed by atoms with E-state index in [2.05, 4.69) is 11.4 Å². The molecule has 2 amide bonds. The molecule has 6 heteroatoms. The molecule has 1 aliphatic rings. The fraction of sp³-hybridized carbons (Fsp3) is 0.400. The molecule has 110 valence electrons. The van der Waals surface area contributed by atoms with Gasteiger partial charge in [-0.3, -0.25) is 4.79 Å². The summed E-state index contributed by atoms with van der Waals surface area (Å²) >= 11 is 0. The number of carbonyl (C=O) groups excluding carboxylic acids is 1. The zero-order valence-corrected chi connectivity index (χ0v) is 11.8. The highest BCUT2D eigenvalue weighted by Gasteiger charge is 2.28. The molecule has 1 aromatic rings. The molecular weight excluding hydrogens is 270 g/mol. The highest BCUT2D eigenvalue weighted by molar-refractivity contribution is 5.91. The molecule has 0 aliphatic carbocycles. The number of nitriles is 1. The number of hydrogen-bond donors (Lipinski definition) is 2. The Kier molecular flexibility index (Phi) is 4.43. The van der Waals surface area contributed by atoms with Crippen molar-refractivity contribution in [2.24, 2.45) is 5.92 Å². The first-order valence-electron chi connectivity index (χ1n) is 6.81. The van der Waals surface area contributed by atoms with Crippen LogP contribution in [-0.4, -0.2) is 35.1 Å². The minimum absolute atomic E-state index is 0.220. The zero-order chi connectivity index (χ0) is 15.4. The first-order chi connectivity index (χ1) is 10.0. The van der Waals surface area contributed by atoms with E-state index in [0.29, 0.717) is 36.2 Å². The predicted octanol–water partition coefficient (Wildman–Crippen LogP) is 2.20. The lowest BCUT2D eigenvalue weighted by atomic mass is 9.99. The van der Waals surface area contributed by atoms with Crippen LogP contribution in [0.4, 0.5) is 10.5 Å². The van der Waals surface area contributed by atoms with E-state index in [4.69, 9.17) is 10.4 Å². The number of anilines is 1. The number of nitrogens with zero attached hydrogens (tertiary/aromatic N) is 2. The first kappa shape index (κ1) is 14.9. The Labute approximate surface area is 123 Å². The van der Waals surface area contributed by atoms with Crippen LogP contribution in [0.2, 0.25) is 0 Å². The largest absolute Gasteiger partial charge is 0.481 e. The van der Waals surface area contributed by atoms with Crippen LogP contribution in [0.1, 0.15) is 24.0 Å². The van der Waals surface area contributed by atoms with Gasteiger partial charge in [-0.15, -0.1) is 0 Å². The Morgan fingerprint density at radius 3 is 2.90 bits per heavy atom. The number of piperidine rings is 1. The van der Waals surface area contributed by atoms with Crippen LogP contribution in [-0.2, 0) is 4.79 Å². The van der Waals surface area contributed by atoms with Gasteiger partial charge >= 0.3 is 12.0 Å². The van der Waals surface area contributed by atoms with Gasteiger partial charge in [-0.25, -0.2) is 4.79 Å². The van der Waals surface area contributed by atoms with Crippen molar-refractivity contribution in [3.63, 3.8) is 0 Å². The summed E-state index contributed by atoms with van der Waals surface area (Å²) in [6, 6.07) is 6.87. The van der Waals surface area contributed by atoms with E-state index < -0.39 is 11.9 Å². The minimum Gasteiger partial charge on any atom is -0.481 e. The summed E-state index contributed by atoms with van der Waals surface area (Å²) in [5, 5.41) is 20.8. The number of amides is 2. The molecule has 0 spiro atoms. The maximum Gasteiger partial charge on any atom is 0.321 e. The molecule has 0 aromatic heterocycles. The summed E-state index contributed by atoms with van der Waals surface area (Å²) in [7, 11) is 0. The maximum atomic E-state index is 12.2. The van der Waals surface area contributed by atoms with E-state index in [9.17, 15) is 9.59 Å². The van der Waals surface area contributed by atoms with Crippen LogP contribution in [0, 0.1) is 24.2 Å². The highest BCUT2D eigenvalue weighted by atomic mass is 16.4. The number of carbonyl (C=O) groups is 2. The molecule has 1 atom stereocenters. The Bertz CT molecular complexity index is 607. The van der Waals surface area contributed by atoms with E-state index in [0.717, 1.165) is 0 Å². The van der Waals surface area contributed by atoms with Gasteiger partial charge in [-0.1, -0.05) is 6.07 Å². The predicted molar refractivity (Wildman–Crippen MR) is 76.8 cm³/mol. The van der Waals surface area contributed by atoms with Gasteiger partial charge in [0.05, 0.1) is 17.6 Å². The Hall–Kier alpha value is -2.55. The summed E-state index contributed by atoms with van der Waals surface area (Å²) < 4.78 is 0. The smallest absolute Gasteiger partial charge is 0.321 e. The van der Waals surface area contributed by atoms with Gasteiger partial charge in [0.15, 0.2) is 0 Å². The first-order valence-corrected chi connectivity index (χ1v) is 6.81. The van der Waals surface area contributed by atoms with E-state index in [1.165, 1.54) is 4.90 Å². The SMILES string of the molecule is Cc1c(C#N)cccc1NC(=O)N1CCCC(C(=O)O)C1. The van der Waals surface area contributed by atoms with Gasteiger partial charge in [-0.2, -0.15) is 5.26 Å². The number of benzene rings is 1. The lowest BCUT2D eigenvalue weighted by Gasteiger charge is -2.30. The number of rotatable bonds is 2. The summed E-state index contributed by atoms with van der Waals surface area (Å²) in [5.41, 5.74) is 1.80. The molecule has 21 heavy (non-hydrogen) atoms. The molecule has 0 saturated carbocycles. The fourth-order valence-electron chi connectivity index (χ4n) is 2.45. The molecule has 1 aliphatic heterocycles. The average Bonchev–Trinajstić information content (AvgIpc) is 2.49. The third-order valence-electron chi connectivity index (χ3n) is 3.75. The number of carboxylic acids is 1. The van der Waals surface area contributed by atoms with Gasteiger partial charge < -0.3 is 15.3 Å². The van der Waals surface area contributed by atoms with Crippen molar-refractivity contribution >= 4 is 17.7 Å². The summed E-state index contributed by atoms with van der Waals surface area (Å²) in [4.78, 5) is 24.8. The van der Waals surface area contributed by atoms with Gasteiger partial charge in [0.25, 0.3) is 0 Å². The van der Waals surface area contributed by atoms with Crippen molar-refractivity contribution < 1.29 is 14.7 Å². The molecule has 1 aromatic carbocycles. The second-order valence-electron chi connectivity index (χ2n) is 5.14. The molecule has 1 unspecified atom stereocenters. The lowest BCUT2D eigenvalue weighted by Crippen LogP contribution is -2.44. The standard InChI is InChI=1S/C15H17N3O3/c1-10-11(8-16)4-2-6-13(10)17-15(21)18-7-3-5-12(9-18)14(19)20/h2,4,6,12H,3,5,7,9H2,1H3,(H,17,21)(H,19,20). The van der Waals surface area contributed by atoms with Crippen molar-refractivity contribution in [1.82, 2.24) is 4.90 Å². The van der Waals surface area contributed by atoms with Gasteiger partial charge in [0.1, 0.15) is 0 Å². The number of hydrogen-bond acceptors (Lipinski definition) is 3. The average molecular weight is 287 g/mol. The molecule has 0 bridgehead atoms. The van der Waals surface area contributed by atoms with Crippen LogP contribution in [0.5, 0.6) is 0 Å². The van der Waals surface area contributed by atoms with E-state index >= 15 is 0 Å². The maximum absolute atomic E-state index is 12.2. The summed E-state index contributed by atoms with van der Waals surface area (Å²) in [6.45, 7) is 2.54. The molecule has 1 fully saturated rings. The van der Waals surface area contributed by atoms with Crippen molar-refractivity contribution in [3.8, 4) is 6.07 Å².